The fraction of sp³-hybridized carbons (Fsp3) is 0.250. The Labute approximate surface area is 146 Å². The number of aromatic nitrogens is 2. The molecule has 3 rings (SSSR count). The van der Waals surface area contributed by atoms with Gasteiger partial charge in [-0.15, -0.1) is 0 Å². The first-order chi connectivity index (χ1) is 12.1. The number of para-hydroxylation sites is 3. The predicted octanol–water partition coefficient (Wildman–Crippen LogP) is 3.55. The molecule has 0 bridgehead atoms. The fourth-order valence-corrected chi connectivity index (χ4v) is 2.87. The van der Waals surface area contributed by atoms with Crippen LogP contribution in [0.25, 0.3) is 11.0 Å². The minimum atomic E-state index is -0.288. The minimum Gasteiger partial charge on any atom is -0.324 e. The maximum atomic E-state index is 12.5. The summed E-state index contributed by atoms with van der Waals surface area (Å²) >= 11 is 0. The van der Waals surface area contributed by atoms with Crippen LogP contribution in [-0.4, -0.2) is 15.5 Å². The zero-order valence-corrected chi connectivity index (χ0v) is 14.4. The minimum absolute atomic E-state index is 0.0449. The van der Waals surface area contributed by atoms with Crippen molar-refractivity contribution < 1.29 is 4.79 Å². The Kier molecular flexibility index (Phi) is 4.93. The Bertz CT molecular complexity index is 962. The summed E-state index contributed by atoms with van der Waals surface area (Å²) in [6.45, 7) is 4.20. The van der Waals surface area contributed by atoms with E-state index in [0.717, 1.165) is 17.7 Å². The van der Waals surface area contributed by atoms with Gasteiger partial charge < -0.3 is 5.32 Å². The summed E-state index contributed by atoms with van der Waals surface area (Å²) in [5.74, 6) is 0.121. The van der Waals surface area contributed by atoms with Gasteiger partial charge in [0.1, 0.15) is 6.54 Å². The number of hydrogen-bond donors (Lipinski definition) is 1. The van der Waals surface area contributed by atoms with Crippen molar-refractivity contribution in [3.63, 3.8) is 0 Å². The van der Waals surface area contributed by atoms with Crippen molar-refractivity contribution in [1.82, 2.24) is 9.55 Å². The zero-order valence-electron chi connectivity index (χ0n) is 14.4. The molecule has 5 heteroatoms. The summed E-state index contributed by atoms with van der Waals surface area (Å²) < 4.78 is 1.45. The molecule has 128 valence electrons. The molecule has 0 fully saturated rings. The number of nitrogens with one attached hydrogen (secondary N) is 1. The smallest absolute Gasteiger partial charge is 0.269 e. The Morgan fingerprint density at radius 1 is 1.16 bits per heavy atom. The first kappa shape index (κ1) is 16.9. The first-order valence-electron chi connectivity index (χ1n) is 8.43. The van der Waals surface area contributed by atoms with Crippen LogP contribution in [-0.2, 0) is 11.3 Å². The molecule has 0 spiro atoms. The van der Waals surface area contributed by atoms with Gasteiger partial charge in [0, 0.05) is 5.69 Å². The average molecular weight is 335 g/mol. The molecular weight excluding hydrogens is 314 g/mol. The van der Waals surface area contributed by atoms with Crippen LogP contribution in [0.2, 0.25) is 0 Å². The van der Waals surface area contributed by atoms with Crippen LogP contribution < -0.4 is 10.9 Å². The second-order valence-electron chi connectivity index (χ2n) is 6.12. The first-order valence-corrected chi connectivity index (χ1v) is 8.43. The Balaban J connectivity index is 1.88. The third kappa shape index (κ3) is 3.60. The van der Waals surface area contributed by atoms with Gasteiger partial charge in [0.05, 0.1) is 17.2 Å². The molecule has 1 atom stereocenters. The second kappa shape index (κ2) is 7.30. The normalized spacial score (nSPS) is 12.1. The van der Waals surface area contributed by atoms with E-state index in [4.69, 9.17) is 0 Å². The van der Waals surface area contributed by atoms with Crippen LogP contribution in [0.5, 0.6) is 0 Å². The van der Waals surface area contributed by atoms with E-state index < -0.39 is 0 Å². The number of benzene rings is 2. The van der Waals surface area contributed by atoms with Gasteiger partial charge in [-0.25, -0.2) is 4.98 Å². The summed E-state index contributed by atoms with van der Waals surface area (Å²) in [6.07, 6.45) is 2.24. The highest BCUT2D eigenvalue weighted by Crippen LogP contribution is 2.26. The number of amides is 1. The van der Waals surface area contributed by atoms with Crippen LogP contribution in [0.15, 0.2) is 59.5 Å². The second-order valence-corrected chi connectivity index (χ2v) is 6.12. The van der Waals surface area contributed by atoms with Crippen molar-refractivity contribution in [2.45, 2.75) is 32.7 Å². The fourth-order valence-electron chi connectivity index (χ4n) is 2.87. The standard InChI is InChI=1S/C20H21N3O2/c1-3-14(2)15-8-4-5-9-16(15)22-19(24)13-23-18-11-7-6-10-17(18)21-12-20(23)25/h4-12,14H,3,13H2,1-2H3,(H,22,24)/t14-/m0/s1. The Hall–Kier alpha value is -2.95. The number of hydrogen-bond acceptors (Lipinski definition) is 3. The molecule has 1 amide bonds. The van der Waals surface area contributed by atoms with Crippen LogP contribution in [0.4, 0.5) is 5.69 Å². The van der Waals surface area contributed by atoms with Gasteiger partial charge in [-0.3, -0.25) is 14.2 Å². The number of anilines is 1. The SMILES string of the molecule is CC[C@H](C)c1ccccc1NC(=O)Cn1c(=O)cnc2ccccc21. The van der Waals surface area contributed by atoms with Crippen molar-refractivity contribution in [3.8, 4) is 0 Å². The van der Waals surface area contributed by atoms with Crippen LogP contribution in [0, 0.1) is 0 Å². The van der Waals surface area contributed by atoms with E-state index in [2.05, 4.69) is 24.1 Å². The molecule has 0 saturated carbocycles. The predicted molar refractivity (Wildman–Crippen MR) is 99.8 cm³/mol. The lowest BCUT2D eigenvalue weighted by Crippen LogP contribution is -2.28. The quantitative estimate of drug-likeness (QED) is 0.775. The third-order valence-electron chi connectivity index (χ3n) is 4.43. The lowest BCUT2D eigenvalue weighted by molar-refractivity contribution is -0.116. The third-order valence-corrected chi connectivity index (χ3v) is 4.43. The lowest BCUT2D eigenvalue weighted by atomic mass is 9.97. The van der Waals surface area contributed by atoms with E-state index in [1.54, 1.807) is 6.07 Å². The summed E-state index contributed by atoms with van der Waals surface area (Å²) in [7, 11) is 0. The number of nitrogens with zero attached hydrogens (tertiary/aromatic N) is 2. The van der Waals surface area contributed by atoms with E-state index in [9.17, 15) is 9.59 Å². The zero-order chi connectivity index (χ0) is 17.8. The highest BCUT2D eigenvalue weighted by atomic mass is 16.2. The molecule has 0 radical (unpaired) electrons. The molecule has 3 aromatic rings. The van der Waals surface area contributed by atoms with Crippen molar-refractivity contribution >= 4 is 22.6 Å². The summed E-state index contributed by atoms with van der Waals surface area (Å²) in [6, 6.07) is 15.1. The molecule has 1 aromatic heterocycles. The van der Waals surface area contributed by atoms with E-state index in [0.29, 0.717) is 17.0 Å². The summed E-state index contributed by atoms with van der Waals surface area (Å²) in [4.78, 5) is 28.8. The van der Waals surface area contributed by atoms with E-state index in [-0.39, 0.29) is 18.0 Å². The van der Waals surface area contributed by atoms with Gasteiger partial charge in [-0.1, -0.05) is 44.2 Å². The number of carbonyl (C=O) groups is 1. The van der Waals surface area contributed by atoms with Crippen molar-refractivity contribution in [3.05, 3.63) is 70.6 Å². The molecule has 2 aromatic carbocycles. The highest BCUT2D eigenvalue weighted by Gasteiger charge is 2.13. The monoisotopic (exact) mass is 335 g/mol. The summed E-state index contributed by atoms with van der Waals surface area (Å²) in [5.41, 5.74) is 2.96. The van der Waals surface area contributed by atoms with Crippen LogP contribution in [0.1, 0.15) is 31.7 Å². The van der Waals surface area contributed by atoms with Gasteiger partial charge in [0.25, 0.3) is 5.56 Å². The van der Waals surface area contributed by atoms with Crippen molar-refractivity contribution in [2.75, 3.05) is 5.32 Å². The van der Waals surface area contributed by atoms with Crippen LogP contribution in [0.3, 0.4) is 0 Å². The lowest BCUT2D eigenvalue weighted by Gasteiger charge is -2.16. The molecule has 1 heterocycles. The highest BCUT2D eigenvalue weighted by molar-refractivity contribution is 5.92. The topological polar surface area (TPSA) is 64.0 Å². The summed E-state index contributed by atoms with van der Waals surface area (Å²) in [5, 5.41) is 2.95. The van der Waals surface area contributed by atoms with Gasteiger partial charge in [-0.2, -0.15) is 0 Å². The number of fused-ring (bicyclic) bond motifs is 1. The van der Waals surface area contributed by atoms with Crippen molar-refractivity contribution in [2.24, 2.45) is 0 Å². The molecule has 0 aliphatic rings. The van der Waals surface area contributed by atoms with Gasteiger partial charge in [0.15, 0.2) is 0 Å². The Morgan fingerprint density at radius 3 is 2.68 bits per heavy atom. The average Bonchev–Trinajstić information content (AvgIpc) is 2.64. The van der Waals surface area contributed by atoms with E-state index >= 15 is 0 Å². The Morgan fingerprint density at radius 2 is 1.88 bits per heavy atom. The van der Waals surface area contributed by atoms with Gasteiger partial charge in [0.2, 0.25) is 5.91 Å². The van der Waals surface area contributed by atoms with Gasteiger partial charge >= 0.3 is 0 Å². The molecule has 1 N–H and O–H groups in total. The number of rotatable bonds is 5. The van der Waals surface area contributed by atoms with Crippen LogP contribution >= 0.6 is 0 Å². The molecule has 5 nitrogen and oxygen atoms in total. The molecule has 0 unspecified atom stereocenters. The number of carbonyl (C=O) groups excluding carboxylic acids is 1. The molecule has 0 aliphatic heterocycles. The molecule has 0 aliphatic carbocycles. The largest absolute Gasteiger partial charge is 0.324 e. The van der Waals surface area contributed by atoms with E-state index in [1.165, 1.54) is 10.8 Å². The van der Waals surface area contributed by atoms with Crippen molar-refractivity contribution in [1.29, 1.82) is 0 Å². The maximum absolute atomic E-state index is 12.5. The molecule has 25 heavy (non-hydrogen) atoms. The molecule has 0 saturated heterocycles. The van der Waals surface area contributed by atoms with Gasteiger partial charge in [-0.05, 0) is 36.1 Å². The maximum Gasteiger partial charge on any atom is 0.269 e. The molecular formula is C20H21N3O2. The van der Waals surface area contributed by atoms with E-state index in [1.807, 2.05) is 42.5 Å².